The van der Waals surface area contributed by atoms with Gasteiger partial charge in [-0.2, -0.15) is 0 Å². The van der Waals surface area contributed by atoms with Gasteiger partial charge in [0.1, 0.15) is 5.01 Å². The van der Waals surface area contributed by atoms with Crippen LogP contribution in [0.3, 0.4) is 0 Å². The maximum absolute atomic E-state index is 6.06. The van der Waals surface area contributed by atoms with E-state index in [9.17, 15) is 0 Å². The molecule has 0 amide bonds. The summed E-state index contributed by atoms with van der Waals surface area (Å²) in [6, 6.07) is 7.69. The molecule has 0 spiro atoms. The average molecular weight is 381 g/mol. The van der Waals surface area contributed by atoms with Crippen LogP contribution < -0.4 is 10.6 Å². The molecule has 1 atom stereocenters. The van der Waals surface area contributed by atoms with E-state index in [0.717, 1.165) is 16.3 Å². The number of thiazole rings is 1. The number of benzene rings is 1. The van der Waals surface area contributed by atoms with E-state index < -0.39 is 0 Å². The molecular weight excluding hydrogens is 356 g/mol. The first-order valence-corrected chi connectivity index (χ1v) is 9.46. The molecule has 0 radical (unpaired) electrons. The first kappa shape index (κ1) is 19.7. The predicted molar refractivity (Wildman–Crippen MR) is 106 cm³/mol. The number of ether oxygens (including phenoxy) is 1. The Morgan fingerprint density at radius 2 is 2.16 bits per heavy atom. The van der Waals surface area contributed by atoms with Gasteiger partial charge in [0.25, 0.3) is 0 Å². The normalized spacial score (nSPS) is 13.1. The predicted octanol–water partition coefficient (Wildman–Crippen LogP) is 3.97. The molecule has 0 saturated heterocycles. The van der Waals surface area contributed by atoms with Gasteiger partial charge in [0, 0.05) is 31.1 Å². The van der Waals surface area contributed by atoms with Crippen LogP contribution in [0, 0.1) is 0 Å². The molecule has 0 saturated carbocycles. The lowest BCUT2D eigenvalue weighted by atomic mass is 10.1. The van der Waals surface area contributed by atoms with Crippen molar-refractivity contribution in [2.45, 2.75) is 32.4 Å². The van der Waals surface area contributed by atoms with Crippen molar-refractivity contribution in [2.24, 2.45) is 4.99 Å². The van der Waals surface area contributed by atoms with Gasteiger partial charge in [0.2, 0.25) is 0 Å². The Bertz CT molecular complexity index is 702. The van der Waals surface area contributed by atoms with Gasteiger partial charge in [-0.15, -0.1) is 11.3 Å². The molecule has 0 aliphatic rings. The van der Waals surface area contributed by atoms with Crippen LogP contribution >= 0.6 is 22.9 Å². The van der Waals surface area contributed by atoms with Gasteiger partial charge in [-0.1, -0.05) is 37.6 Å². The average Bonchev–Trinajstić information content (AvgIpc) is 3.07. The summed E-state index contributed by atoms with van der Waals surface area (Å²) >= 11 is 7.72. The molecule has 2 rings (SSSR count). The highest BCUT2D eigenvalue weighted by Gasteiger charge is 2.12. The van der Waals surface area contributed by atoms with Crippen molar-refractivity contribution < 1.29 is 4.74 Å². The second kappa shape index (κ2) is 9.75. The zero-order valence-electron chi connectivity index (χ0n) is 15.0. The molecule has 0 aliphatic carbocycles. The fourth-order valence-corrected chi connectivity index (χ4v) is 3.38. The molecule has 1 aromatic heterocycles. The van der Waals surface area contributed by atoms with E-state index in [2.05, 4.69) is 39.8 Å². The molecule has 0 bridgehead atoms. The van der Waals surface area contributed by atoms with Crippen LogP contribution in [-0.4, -0.2) is 31.6 Å². The molecule has 0 fully saturated rings. The Hall–Kier alpha value is -1.63. The standard InChI is InChI=1S/C18H25ClN4OS/c1-12(2)15-11-25-17(23-15)10-22-18(20-3)21-9-16(24-4)13-6-5-7-14(19)8-13/h5-8,11-12,16H,9-10H2,1-4H3,(H2,20,21,22). The highest BCUT2D eigenvalue weighted by atomic mass is 35.5. The van der Waals surface area contributed by atoms with E-state index in [1.54, 1.807) is 25.5 Å². The third-order valence-corrected chi connectivity index (χ3v) is 4.85. The van der Waals surface area contributed by atoms with Crippen molar-refractivity contribution in [1.82, 2.24) is 15.6 Å². The van der Waals surface area contributed by atoms with Gasteiger partial charge in [0.15, 0.2) is 5.96 Å². The molecule has 1 heterocycles. The van der Waals surface area contributed by atoms with Gasteiger partial charge in [-0.25, -0.2) is 4.98 Å². The number of nitrogens with zero attached hydrogens (tertiary/aromatic N) is 2. The van der Waals surface area contributed by atoms with Crippen LogP contribution in [0.25, 0.3) is 0 Å². The van der Waals surface area contributed by atoms with Gasteiger partial charge in [0.05, 0.1) is 18.3 Å². The topological polar surface area (TPSA) is 58.5 Å². The Morgan fingerprint density at radius 1 is 1.36 bits per heavy atom. The lowest BCUT2D eigenvalue weighted by Gasteiger charge is -2.18. The molecule has 7 heteroatoms. The Labute approximate surface area is 158 Å². The van der Waals surface area contributed by atoms with Crippen LogP contribution in [-0.2, 0) is 11.3 Å². The summed E-state index contributed by atoms with van der Waals surface area (Å²) in [4.78, 5) is 8.87. The summed E-state index contributed by atoms with van der Waals surface area (Å²) in [5.74, 6) is 1.16. The quantitative estimate of drug-likeness (QED) is 0.563. The molecular formula is C18H25ClN4OS. The molecule has 5 nitrogen and oxygen atoms in total. The number of hydrogen-bond donors (Lipinski definition) is 2. The van der Waals surface area contributed by atoms with E-state index in [1.807, 2.05) is 24.3 Å². The highest BCUT2D eigenvalue weighted by molar-refractivity contribution is 7.09. The fourth-order valence-electron chi connectivity index (χ4n) is 2.28. The molecule has 25 heavy (non-hydrogen) atoms. The van der Waals surface area contributed by atoms with Crippen LogP contribution in [0.15, 0.2) is 34.6 Å². The number of aromatic nitrogens is 1. The van der Waals surface area contributed by atoms with E-state index >= 15 is 0 Å². The first-order chi connectivity index (χ1) is 12.0. The number of nitrogens with one attached hydrogen (secondary N) is 2. The van der Waals surface area contributed by atoms with Crippen molar-refractivity contribution in [2.75, 3.05) is 20.7 Å². The zero-order chi connectivity index (χ0) is 18.2. The lowest BCUT2D eigenvalue weighted by Crippen LogP contribution is -2.39. The fraction of sp³-hybridized carbons (Fsp3) is 0.444. The lowest BCUT2D eigenvalue weighted by molar-refractivity contribution is 0.106. The number of guanidine groups is 1. The van der Waals surface area contributed by atoms with E-state index in [0.29, 0.717) is 30.0 Å². The number of rotatable bonds is 7. The molecule has 1 aromatic carbocycles. The highest BCUT2D eigenvalue weighted by Crippen LogP contribution is 2.20. The monoisotopic (exact) mass is 380 g/mol. The zero-order valence-corrected chi connectivity index (χ0v) is 16.6. The van der Waals surface area contributed by atoms with Gasteiger partial charge in [-0.05, 0) is 23.6 Å². The molecule has 1 unspecified atom stereocenters. The second-order valence-electron chi connectivity index (χ2n) is 5.91. The minimum atomic E-state index is -0.107. The third kappa shape index (κ3) is 5.99. The Kier molecular flexibility index (Phi) is 7.68. The van der Waals surface area contributed by atoms with Crippen LogP contribution in [0.2, 0.25) is 5.02 Å². The van der Waals surface area contributed by atoms with Crippen LogP contribution in [0.4, 0.5) is 0 Å². The molecule has 2 aromatic rings. The summed E-state index contributed by atoms with van der Waals surface area (Å²) in [6.07, 6.45) is -0.107. The summed E-state index contributed by atoms with van der Waals surface area (Å²) in [5, 5.41) is 10.4. The van der Waals surface area contributed by atoms with Crippen molar-refractivity contribution in [3.63, 3.8) is 0 Å². The number of halogens is 1. The van der Waals surface area contributed by atoms with Gasteiger partial charge >= 0.3 is 0 Å². The minimum Gasteiger partial charge on any atom is -0.375 e. The van der Waals surface area contributed by atoms with Crippen molar-refractivity contribution in [1.29, 1.82) is 0 Å². The summed E-state index contributed by atoms with van der Waals surface area (Å²) in [5.41, 5.74) is 2.16. The minimum absolute atomic E-state index is 0.107. The van der Waals surface area contributed by atoms with Crippen LogP contribution in [0.1, 0.15) is 42.1 Å². The summed E-state index contributed by atoms with van der Waals surface area (Å²) < 4.78 is 5.56. The Balaban J connectivity index is 1.88. The number of methoxy groups -OCH3 is 1. The second-order valence-corrected chi connectivity index (χ2v) is 7.29. The van der Waals surface area contributed by atoms with Gasteiger partial charge < -0.3 is 15.4 Å². The van der Waals surface area contributed by atoms with E-state index in [1.165, 1.54) is 0 Å². The third-order valence-electron chi connectivity index (χ3n) is 3.75. The first-order valence-electron chi connectivity index (χ1n) is 8.20. The smallest absolute Gasteiger partial charge is 0.191 e. The molecule has 2 N–H and O–H groups in total. The maximum atomic E-state index is 6.06. The Morgan fingerprint density at radius 3 is 2.76 bits per heavy atom. The van der Waals surface area contributed by atoms with Crippen molar-refractivity contribution >= 4 is 28.9 Å². The molecule has 136 valence electrons. The van der Waals surface area contributed by atoms with E-state index in [4.69, 9.17) is 16.3 Å². The maximum Gasteiger partial charge on any atom is 0.191 e. The van der Waals surface area contributed by atoms with E-state index in [-0.39, 0.29) is 6.10 Å². The SMILES string of the molecule is CN=C(NCc1nc(C(C)C)cs1)NCC(OC)c1cccc(Cl)c1. The largest absolute Gasteiger partial charge is 0.375 e. The van der Waals surface area contributed by atoms with Gasteiger partial charge in [-0.3, -0.25) is 4.99 Å². The van der Waals surface area contributed by atoms with Crippen molar-refractivity contribution in [3.8, 4) is 0 Å². The number of aliphatic imine (C=N–C) groups is 1. The van der Waals surface area contributed by atoms with Crippen LogP contribution in [0.5, 0.6) is 0 Å². The number of hydrogen-bond acceptors (Lipinski definition) is 4. The molecule has 0 aliphatic heterocycles. The van der Waals surface area contributed by atoms with Crippen molar-refractivity contribution in [3.05, 3.63) is 50.9 Å². The summed E-state index contributed by atoms with van der Waals surface area (Å²) in [6.45, 7) is 5.53. The summed E-state index contributed by atoms with van der Waals surface area (Å²) in [7, 11) is 3.43.